The van der Waals surface area contributed by atoms with Gasteiger partial charge in [-0.1, -0.05) is 0 Å². The Labute approximate surface area is 101 Å². The lowest BCUT2D eigenvalue weighted by molar-refractivity contribution is 0.0376. The van der Waals surface area contributed by atoms with Crippen molar-refractivity contribution in [3.63, 3.8) is 0 Å². The Morgan fingerprint density at radius 1 is 1.65 bits per heavy atom. The molecule has 1 heterocycles. The van der Waals surface area contributed by atoms with Crippen molar-refractivity contribution in [2.45, 2.75) is 32.0 Å². The number of nitrogens with one attached hydrogen (secondary N) is 2. The van der Waals surface area contributed by atoms with Crippen LogP contribution in [0.4, 0.5) is 9.18 Å². The monoisotopic (exact) mass is 248 g/mol. The van der Waals surface area contributed by atoms with Gasteiger partial charge < -0.3 is 20.5 Å². The van der Waals surface area contributed by atoms with Crippen molar-refractivity contribution in [3.05, 3.63) is 0 Å². The predicted molar refractivity (Wildman–Crippen MR) is 61.5 cm³/mol. The topological polar surface area (TPSA) is 70.6 Å². The summed E-state index contributed by atoms with van der Waals surface area (Å²) in [5.74, 6) is -0.431. The molecule has 0 radical (unpaired) electrons. The maximum absolute atomic E-state index is 14.0. The van der Waals surface area contributed by atoms with Gasteiger partial charge in [-0.05, 0) is 20.8 Å². The molecule has 1 aliphatic heterocycles. The number of aliphatic hydroxyl groups excluding tert-OH is 1. The van der Waals surface area contributed by atoms with Crippen LogP contribution in [0.3, 0.4) is 0 Å². The summed E-state index contributed by atoms with van der Waals surface area (Å²) < 4.78 is 19.0. The molecule has 3 N–H and O–H groups in total. The summed E-state index contributed by atoms with van der Waals surface area (Å²) in [5, 5.41) is 14.4. The van der Waals surface area contributed by atoms with E-state index in [1.54, 1.807) is 20.8 Å². The number of amides is 1. The second kappa shape index (κ2) is 5.18. The van der Waals surface area contributed by atoms with Crippen LogP contribution in [0.15, 0.2) is 0 Å². The fraction of sp³-hybridized carbons (Fsp3) is 0.909. The largest absolute Gasteiger partial charge is 0.444 e. The summed E-state index contributed by atoms with van der Waals surface area (Å²) in [7, 11) is 0. The molecule has 0 saturated carbocycles. The second-order valence-electron chi connectivity index (χ2n) is 5.40. The smallest absolute Gasteiger partial charge is 0.407 e. The molecule has 5 nitrogen and oxygen atoms in total. The van der Waals surface area contributed by atoms with E-state index >= 15 is 0 Å². The van der Waals surface area contributed by atoms with Gasteiger partial charge in [-0.15, -0.1) is 0 Å². The van der Waals surface area contributed by atoms with Gasteiger partial charge in [0.2, 0.25) is 0 Å². The number of halogens is 1. The number of ether oxygens (including phenoxy) is 1. The lowest BCUT2D eigenvalue weighted by Crippen LogP contribution is -2.44. The molecule has 2 atom stereocenters. The molecule has 6 heteroatoms. The van der Waals surface area contributed by atoms with Crippen LogP contribution >= 0.6 is 0 Å². The predicted octanol–water partition coefficient (Wildman–Crippen LogP) is 0.431. The van der Waals surface area contributed by atoms with Gasteiger partial charge in [0, 0.05) is 25.6 Å². The van der Waals surface area contributed by atoms with E-state index in [0.29, 0.717) is 6.54 Å². The Morgan fingerprint density at radius 2 is 2.29 bits per heavy atom. The highest BCUT2D eigenvalue weighted by Gasteiger charge is 2.43. The Morgan fingerprint density at radius 3 is 2.82 bits per heavy atom. The van der Waals surface area contributed by atoms with Crippen LogP contribution in [0.1, 0.15) is 20.8 Å². The lowest BCUT2D eigenvalue weighted by Gasteiger charge is -2.25. The van der Waals surface area contributed by atoms with Gasteiger partial charge in [0.1, 0.15) is 5.60 Å². The molecular formula is C11H21FN2O3. The molecular weight excluding hydrogens is 227 g/mol. The van der Waals surface area contributed by atoms with Crippen molar-refractivity contribution in [2.24, 2.45) is 5.92 Å². The number of hydrogen-bond donors (Lipinski definition) is 3. The Kier molecular flexibility index (Phi) is 4.32. The quantitative estimate of drug-likeness (QED) is 0.677. The number of alkyl halides is 1. The number of rotatable bonds is 3. The molecule has 0 unspecified atom stereocenters. The standard InChI is InChI=1S/C11H21FN2O3/c1-10(2,3)17-9(16)14-5-8-4-13-6-11(8,12)7-15/h8,13,15H,4-7H2,1-3H3,(H,14,16)/t8-,11-/m0/s1. The third-order valence-corrected chi connectivity index (χ3v) is 2.70. The van der Waals surface area contributed by atoms with Crippen molar-refractivity contribution >= 4 is 6.09 Å². The highest BCUT2D eigenvalue weighted by molar-refractivity contribution is 5.67. The SMILES string of the molecule is CC(C)(C)OC(=O)NC[C@@H]1CNC[C@]1(F)CO. The maximum Gasteiger partial charge on any atom is 0.407 e. The highest BCUT2D eigenvalue weighted by atomic mass is 19.1. The Balaban J connectivity index is 2.38. The molecule has 17 heavy (non-hydrogen) atoms. The van der Waals surface area contributed by atoms with Gasteiger partial charge in [-0.2, -0.15) is 0 Å². The van der Waals surface area contributed by atoms with Gasteiger partial charge >= 0.3 is 6.09 Å². The summed E-state index contributed by atoms with van der Waals surface area (Å²) in [4.78, 5) is 11.4. The molecule has 1 amide bonds. The van der Waals surface area contributed by atoms with Crippen LogP contribution in [0.25, 0.3) is 0 Å². The van der Waals surface area contributed by atoms with Crippen molar-refractivity contribution in [1.29, 1.82) is 0 Å². The third kappa shape index (κ3) is 4.12. The molecule has 0 spiro atoms. The highest BCUT2D eigenvalue weighted by Crippen LogP contribution is 2.25. The van der Waals surface area contributed by atoms with E-state index in [2.05, 4.69) is 10.6 Å². The first kappa shape index (κ1) is 14.2. The van der Waals surface area contributed by atoms with Gasteiger partial charge in [0.05, 0.1) is 6.61 Å². The summed E-state index contributed by atoms with van der Waals surface area (Å²) >= 11 is 0. The van der Waals surface area contributed by atoms with Crippen molar-refractivity contribution in [2.75, 3.05) is 26.2 Å². The third-order valence-electron chi connectivity index (χ3n) is 2.70. The van der Waals surface area contributed by atoms with E-state index in [0.717, 1.165) is 0 Å². The van der Waals surface area contributed by atoms with Crippen molar-refractivity contribution in [3.8, 4) is 0 Å². The first-order valence-corrected chi connectivity index (χ1v) is 5.74. The number of hydrogen-bond acceptors (Lipinski definition) is 4. The number of alkyl carbamates (subject to hydrolysis) is 1. The number of aliphatic hydroxyl groups is 1. The molecule has 1 saturated heterocycles. The van der Waals surface area contributed by atoms with Crippen LogP contribution in [0.5, 0.6) is 0 Å². The molecule has 1 fully saturated rings. The fourth-order valence-electron chi connectivity index (χ4n) is 1.74. The summed E-state index contributed by atoms with van der Waals surface area (Å²) in [6.07, 6.45) is -0.565. The van der Waals surface area contributed by atoms with E-state index in [-0.39, 0.29) is 13.1 Å². The molecule has 0 aliphatic carbocycles. The van der Waals surface area contributed by atoms with E-state index in [1.165, 1.54) is 0 Å². The van der Waals surface area contributed by atoms with Gasteiger partial charge in [0.25, 0.3) is 0 Å². The lowest BCUT2D eigenvalue weighted by atomic mass is 9.93. The molecule has 1 aliphatic rings. The number of carbonyl (C=O) groups excluding carboxylic acids is 1. The van der Waals surface area contributed by atoms with E-state index in [4.69, 9.17) is 9.84 Å². The van der Waals surface area contributed by atoms with Crippen LogP contribution in [0.2, 0.25) is 0 Å². The summed E-state index contributed by atoms with van der Waals surface area (Å²) in [5.41, 5.74) is -2.23. The molecule has 100 valence electrons. The van der Waals surface area contributed by atoms with Crippen LogP contribution in [0, 0.1) is 5.92 Å². The molecule has 0 bridgehead atoms. The Hall–Kier alpha value is -0.880. The van der Waals surface area contributed by atoms with Gasteiger partial charge in [-0.25, -0.2) is 9.18 Å². The summed E-state index contributed by atoms with van der Waals surface area (Å²) in [6.45, 7) is 5.45. The normalized spacial score (nSPS) is 29.1. The molecule has 0 aromatic carbocycles. The molecule has 1 rings (SSSR count). The van der Waals surface area contributed by atoms with Crippen LogP contribution < -0.4 is 10.6 Å². The van der Waals surface area contributed by atoms with Crippen molar-refractivity contribution < 1.29 is 19.0 Å². The van der Waals surface area contributed by atoms with E-state index in [1.807, 2.05) is 0 Å². The fourth-order valence-corrected chi connectivity index (χ4v) is 1.74. The average Bonchev–Trinajstić information content (AvgIpc) is 2.55. The second-order valence-corrected chi connectivity index (χ2v) is 5.40. The molecule has 0 aromatic rings. The zero-order valence-corrected chi connectivity index (χ0v) is 10.5. The van der Waals surface area contributed by atoms with Crippen molar-refractivity contribution in [1.82, 2.24) is 10.6 Å². The zero-order chi connectivity index (χ0) is 13.1. The maximum atomic E-state index is 14.0. The Bertz CT molecular complexity index is 280. The van der Waals surface area contributed by atoms with Gasteiger partial charge in [0.15, 0.2) is 5.67 Å². The summed E-state index contributed by atoms with van der Waals surface area (Å²) in [6, 6.07) is 0. The number of carbonyl (C=O) groups is 1. The average molecular weight is 248 g/mol. The van der Waals surface area contributed by atoms with E-state index in [9.17, 15) is 9.18 Å². The minimum atomic E-state index is -1.66. The van der Waals surface area contributed by atoms with Crippen LogP contribution in [-0.2, 0) is 4.74 Å². The van der Waals surface area contributed by atoms with Crippen LogP contribution in [-0.4, -0.2) is 48.7 Å². The van der Waals surface area contributed by atoms with E-state index < -0.39 is 29.9 Å². The zero-order valence-electron chi connectivity index (χ0n) is 10.5. The first-order valence-electron chi connectivity index (χ1n) is 5.74. The minimum absolute atomic E-state index is 0.115. The minimum Gasteiger partial charge on any atom is -0.444 e. The van der Waals surface area contributed by atoms with Gasteiger partial charge in [-0.3, -0.25) is 0 Å². The molecule has 0 aromatic heterocycles. The first-order chi connectivity index (χ1) is 7.77.